The second-order valence-corrected chi connectivity index (χ2v) is 5.89. The van der Waals surface area contributed by atoms with Crippen LogP contribution in [0.15, 0.2) is 12.3 Å². The van der Waals surface area contributed by atoms with Gasteiger partial charge in [-0.05, 0) is 26.6 Å². The topological polar surface area (TPSA) is 44.5 Å². The van der Waals surface area contributed by atoms with Gasteiger partial charge < -0.3 is 14.6 Å². The molecule has 0 fully saturated rings. The SMILES string of the molecule is CCO[Si](C)(CC=CN)OCC. The smallest absolute Gasteiger partial charge is 0.338 e. The van der Waals surface area contributed by atoms with Crippen LogP contribution in [0.25, 0.3) is 0 Å². The Hall–Kier alpha value is -0.323. The Bertz CT molecular complexity index is 133. The molecule has 0 saturated heterocycles. The first-order chi connectivity index (χ1) is 5.68. The Morgan fingerprint density at radius 3 is 2.08 bits per heavy atom. The third-order valence-electron chi connectivity index (χ3n) is 1.52. The number of allylic oxidation sites excluding steroid dienone is 1. The molecule has 12 heavy (non-hydrogen) atoms. The molecule has 3 nitrogen and oxygen atoms in total. The molecule has 0 rings (SSSR count). The molecule has 0 unspecified atom stereocenters. The van der Waals surface area contributed by atoms with Crippen LogP contribution in [-0.4, -0.2) is 21.8 Å². The Kier molecular flexibility index (Phi) is 6.05. The van der Waals surface area contributed by atoms with Gasteiger partial charge in [0.25, 0.3) is 0 Å². The number of hydrogen-bond acceptors (Lipinski definition) is 3. The van der Waals surface area contributed by atoms with E-state index in [-0.39, 0.29) is 0 Å². The van der Waals surface area contributed by atoms with Gasteiger partial charge in [-0.25, -0.2) is 0 Å². The highest BCUT2D eigenvalue weighted by molar-refractivity contribution is 6.66. The average Bonchev–Trinajstić information content (AvgIpc) is 2.02. The van der Waals surface area contributed by atoms with Gasteiger partial charge in [-0.2, -0.15) is 0 Å². The van der Waals surface area contributed by atoms with Crippen molar-refractivity contribution in [2.45, 2.75) is 26.4 Å². The van der Waals surface area contributed by atoms with Crippen LogP contribution in [0, 0.1) is 0 Å². The van der Waals surface area contributed by atoms with Crippen LogP contribution in [0.3, 0.4) is 0 Å². The van der Waals surface area contributed by atoms with Crippen molar-refractivity contribution in [1.82, 2.24) is 0 Å². The zero-order valence-corrected chi connectivity index (χ0v) is 9.17. The minimum absolute atomic E-state index is 0.709. The van der Waals surface area contributed by atoms with E-state index < -0.39 is 8.56 Å². The summed E-state index contributed by atoms with van der Waals surface area (Å²) in [5.74, 6) is 0. The molecule has 0 aromatic carbocycles. The third kappa shape index (κ3) is 4.53. The zero-order valence-electron chi connectivity index (χ0n) is 8.17. The fourth-order valence-electron chi connectivity index (χ4n) is 1.05. The summed E-state index contributed by atoms with van der Waals surface area (Å²) in [7, 11) is -1.94. The monoisotopic (exact) mass is 189 g/mol. The van der Waals surface area contributed by atoms with Crippen molar-refractivity contribution >= 4 is 8.56 Å². The van der Waals surface area contributed by atoms with Crippen LogP contribution in [0.4, 0.5) is 0 Å². The van der Waals surface area contributed by atoms with Gasteiger partial charge >= 0.3 is 8.56 Å². The molecule has 0 amide bonds. The Morgan fingerprint density at radius 1 is 1.25 bits per heavy atom. The summed E-state index contributed by atoms with van der Waals surface area (Å²) in [6, 6.07) is 0.825. The maximum Gasteiger partial charge on any atom is 0.338 e. The first-order valence-corrected chi connectivity index (χ1v) is 6.85. The second-order valence-electron chi connectivity index (χ2n) is 2.63. The molecule has 72 valence electrons. The molecule has 0 aromatic heterocycles. The van der Waals surface area contributed by atoms with Crippen LogP contribution in [0.5, 0.6) is 0 Å². The van der Waals surface area contributed by atoms with Crippen molar-refractivity contribution in [2.75, 3.05) is 13.2 Å². The molecular formula is C8H19NO2Si. The average molecular weight is 189 g/mol. The number of nitrogens with two attached hydrogens (primary N) is 1. The van der Waals surface area contributed by atoms with Crippen molar-refractivity contribution in [3.05, 3.63) is 12.3 Å². The van der Waals surface area contributed by atoms with Gasteiger partial charge in [0.1, 0.15) is 0 Å². The highest BCUT2D eigenvalue weighted by Gasteiger charge is 2.28. The minimum atomic E-state index is -1.94. The van der Waals surface area contributed by atoms with Gasteiger partial charge in [0.2, 0.25) is 0 Å². The Labute approximate surface area is 75.8 Å². The van der Waals surface area contributed by atoms with E-state index in [1.807, 2.05) is 19.9 Å². The van der Waals surface area contributed by atoms with Crippen molar-refractivity contribution in [3.8, 4) is 0 Å². The number of rotatable bonds is 6. The lowest BCUT2D eigenvalue weighted by Crippen LogP contribution is -2.38. The largest absolute Gasteiger partial charge is 0.405 e. The van der Waals surface area contributed by atoms with Crippen LogP contribution >= 0.6 is 0 Å². The summed E-state index contributed by atoms with van der Waals surface area (Å²) < 4.78 is 11.2. The molecule has 0 aliphatic rings. The molecule has 4 heteroatoms. The van der Waals surface area contributed by atoms with Crippen molar-refractivity contribution in [1.29, 1.82) is 0 Å². The van der Waals surface area contributed by atoms with E-state index in [2.05, 4.69) is 6.55 Å². The van der Waals surface area contributed by atoms with E-state index in [1.54, 1.807) is 6.20 Å². The Balaban J connectivity index is 3.97. The Morgan fingerprint density at radius 2 is 1.75 bits per heavy atom. The van der Waals surface area contributed by atoms with Crippen molar-refractivity contribution in [2.24, 2.45) is 5.73 Å². The lowest BCUT2D eigenvalue weighted by Gasteiger charge is -2.24. The highest BCUT2D eigenvalue weighted by atomic mass is 28.4. The quantitative estimate of drug-likeness (QED) is 0.646. The summed E-state index contributed by atoms with van der Waals surface area (Å²) >= 11 is 0. The molecule has 0 aliphatic carbocycles. The fraction of sp³-hybridized carbons (Fsp3) is 0.750. The van der Waals surface area contributed by atoms with E-state index in [1.165, 1.54) is 0 Å². The van der Waals surface area contributed by atoms with E-state index in [0.717, 1.165) is 6.04 Å². The maximum absolute atomic E-state index is 5.58. The van der Waals surface area contributed by atoms with Crippen molar-refractivity contribution < 1.29 is 8.85 Å². The first kappa shape index (κ1) is 11.7. The molecule has 0 spiro atoms. The van der Waals surface area contributed by atoms with E-state index in [4.69, 9.17) is 14.6 Å². The standard InChI is InChI=1S/C8H19NO2Si/c1-4-10-12(3,11-5-2)8-6-7-9/h6-7H,4-5,8-9H2,1-3H3. The van der Waals surface area contributed by atoms with Gasteiger partial charge in [0, 0.05) is 19.3 Å². The normalized spacial score (nSPS) is 12.6. The summed E-state index contributed by atoms with van der Waals surface area (Å²) in [4.78, 5) is 0. The lowest BCUT2D eigenvalue weighted by molar-refractivity contribution is 0.192. The van der Waals surface area contributed by atoms with Crippen molar-refractivity contribution in [3.63, 3.8) is 0 Å². The molecule has 0 atom stereocenters. The predicted molar refractivity (Wildman–Crippen MR) is 53.0 cm³/mol. The first-order valence-electron chi connectivity index (χ1n) is 4.33. The summed E-state index contributed by atoms with van der Waals surface area (Å²) in [6.45, 7) is 7.44. The lowest BCUT2D eigenvalue weighted by atomic mass is 10.7. The molecule has 0 heterocycles. The van der Waals surface area contributed by atoms with E-state index in [9.17, 15) is 0 Å². The molecular weight excluding hydrogens is 170 g/mol. The molecule has 0 saturated carbocycles. The summed E-state index contributed by atoms with van der Waals surface area (Å²) in [5.41, 5.74) is 5.26. The van der Waals surface area contributed by atoms with Gasteiger partial charge in [-0.15, -0.1) is 0 Å². The highest BCUT2D eigenvalue weighted by Crippen LogP contribution is 2.13. The van der Waals surface area contributed by atoms with Gasteiger partial charge in [-0.1, -0.05) is 6.08 Å². The summed E-state index contributed by atoms with van der Waals surface area (Å²) in [5, 5.41) is 0. The summed E-state index contributed by atoms with van der Waals surface area (Å²) in [6.07, 6.45) is 3.45. The van der Waals surface area contributed by atoms with Crippen LogP contribution in [0.2, 0.25) is 12.6 Å². The molecule has 0 bridgehead atoms. The van der Waals surface area contributed by atoms with Crippen LogP contribution in [0.1, 0.15) is 13.8 Å². The fourth-order valence-corrected chi connectivity index (χ4v) is 3.16. The van der Waals surface area contributed by atoms with Gasteiger partial charge in [0.05, 0.1) is 0 Å². The predicted octanol–water partition coefficient (Wildman–Crippen LogP) is 1.60. The zero-order chi connectivity index (χ0) is 9.45. The van der Waals surface area contributed by atoms with Gasteiger partial charge in [-0.3, -0.25) is 0 Å². The van der Waals surface area contributed by atoms with Crippen LogP contribution < -0.4 is 5.73 Å². The molecule has 0 radical (unpaired) electrons. The third-order valence-corrected chi connectivity index (χ3v) is 4.30. The molecule has 2 N–H and O–H groups in total. The second kappa shape index (κ2) is 6.22. The van der Waals surface area contributed by atoms with Crippen LogP contribution in [-0.2, 0) is 8.85 Å². The van der Waals surface area contributed by atoms with E-state index >= 15 is 0 Å². The minimum Gasteiger partial charge on any atom is -0.405 e. The van der Waals surface area contributed by atoms with E-state index in [0.29, 0.717) is 13.2 Å². The molecule has 0 aromatic rings. The number of hydrogen-bond donors (Lipinski definition) is 1. The molecule has 0 aliphatic heterocycles. The maximum atomic E-state index is 5.58. The van der Waals surface area contributed by atoms with Gasteiger partial charge in [0.15, 0.2) is 0 Å².